The van der Waals surface area contributed by atoms with Gasteiger partial charge in [-0.2, -0.15) is 5.10 Å². The molecule has 3 saturated heterocycles. The lowest BCUT2D eigenvalue weighted by Gasteiger charge is -2.50. The van der Waals surface area contributed by atoms with E-state index in [1.54, 1.807) is 0 Å². The molecule has 2 aromatic rings. The average molecular weight is 553 g/mol. The monoisotopic (exact) mass is 552 g/mol. The summed E-state index contributed by atoms with van der Waals surface area (Å²) in [7, 11) is 1.94. The minimum Gasteiger partial charge on any atom is -0.444 e. The third-order valence-electron chi connectivity index (χ3n) is 9.02. The topological polar surface area (TPSA) is 100 Å². The summed E-state index contributed by atoms with van der Waals surface area (Å²) in [5.41, 5.74) is 2.49. The molecule has 0 aliphatic carbocycles. The first-order chi connectivity index (χ1) is 18.8. The molecule has 0 saturated carbocycles. The Morgan fingerprint density at radius 1 is 0.975 bits per heavy atom. The molecule has 1 aromatic heterocycles. The number of ether oxygens (including phenoxy) is 1. The molecular weight excluding hydrogens is 508 g/mol. The summed E-state index contributed by atoms with van der Waals surface area (Å²) in [6, 6.07) is 6.24. The first-order valence-corrected chi connectivity index (χ1v) is 14.6. The second-order valence-corrected chi connectivity index (χ2v) is 13.1. The number of aromatic nitrogens is 2. The standard InChI is InChI=1S/C30H44N6O4/c1-29(2,3)40-28(39)35-16-18-36(19-17-35)30(4,5)20-12-14-34(15-13-20)23-9-7-8-21-25(32-33(6)26(21)23)22-10-11-24(37)31-27(22)38/h7-9,20,22H,10-19H2,1-6H3,(H,31,37,38). The third kappa shape index (κ3) is 5.55. The van der Waals surface area contributed by atoms with Crippen molar-refractivity contribution in [2.75, 3.05) is 44.2 Å². The molecule has 3 aliphatic heterocycles. The van der Waals surface area contributed by atoms with Crippen molar-refractivity contribution >= 4 is 34.5 Å². The number of hydrogen-bond acceptors (Lipinski definition) is 7. The number of fused-ring (bicyclic) bond motifs is 1. The normalized spacial score (nSPS) is 22.1. The van der Waals surface area contributed by atoms with Gasteiger partial charge in [-0.3, -0.25) is 24.5 Å². The van der Waals surface area contributed by atoms with Crippen molar-refractivity contribution in [3.05, 3.63) is 23.9 Å². The van der Waals surface area contributed by atoms with Crippen LogP contribution in [0.1, 0.15) is 71.9 Å². The highest BCUT2D eigenvalue weighted by molar-refractivity contribution is 6.03. The molecule has 0 bridgehead atoms. The van der Waals surface area contributed by atoms with Crippen molar-refractivity contribution in [2.24, 2.45) is 13.0 Å². The molecule has 40 heavy (non-hydrogen) atoms. The van der Waals surface area contributed by atoms with Crippen LogP contribution >= 0.6 is 0 Å². The van der Waals surface area contributed by atoms with Crippen LogP contribution in [0.5, 0.6) is 0 Å². The van der Waals surface area contributed by atoms with Gasteiger partial charge in [-0.15, -0.1) is 0 Å². The number of nitrogens with one attached hydrogen (secondary N) is 1. The van der Waals surface area contributed by atoms with Crippen LogP contribution < -0.4 is 10.2 Å². The number of anilines is 1. The lowest BCUT2D eigenvalue weighted by atomic mass is 9.78. The molecule has 0 spiro atoms. The second-order valence-electron chi connectivity index (χ2n) is 13.1. The summed E-state index contributed by atoms with van der Waals surface area (Å²) < 4.78 is 7.47. The van der Waals surface area contributed by atoms with Crippen LogP contribution in [-0.4, -0.2) is 87.9 Å². The molecule has 218 valence electrons. The van der Waals surface area contributed by atoms with E-state index in [4.69, 9.17) is 9.84 Å². The van der Waals surface area contributed by atoms with Crippen molar-refractivity contribution in [3.8, 4) is 0 Å². The molecule has 1 atom stereocenters. The molecule has 0 radical (unpaired) electrons. The largest absolute Gasteiger partial charge is 0.444 e. The SMILES string of the molecule is Cn1nc(C2CCC(=O)NC2=O)c2cccc(N3CCC(C(C)(C)N4CCN(C(=O)OC(C)(C)C)CC4)CC3)c21. The molecule has 1 unspecified atom stereocenters. The van der Waals surface area contributed by atoms with Gasteiger partial charge in [-0.1, -0.05) is 12.1 Å². The highest BCUT2D eigenvalue weighted by Gasteiger charge is 2.40. The number of imide groups is 1. The Kier molecular flexibility index (Phi) is 7.58. The van der Waals surface area contributed by atoms with Gasteiger partial charge >= 0.3 is 6.09 Å². The number of rotatable bonds is 4. The lowest BCUT2D eigenvalue weighted by Crippen LogP contribution is -2.59. The summed E-state index contributed by atoms with van der Waals surface area (Å²) in [6.45, 7) is 15.4. The lowest BCUT2D eigenvalue weighted by molar-refractivity contribution is -0.134. The number of amides is 3. The van der Waals surface area contributed by atoms with E-state index < -0.39 is 11.5 Å². The van der Waals surface area contributed by atoms with E-state index >= 15 is 0 Å². The number of nitrogens with zero attached hydrogens (tertiary/aromatic N) is 5. The molecule has 3 amide bonds. The van der Waals surface area contributed by atoms with E-state index in [1.807, 2.05) is 43.5 Å². The van der Waals surface area contributed by atoms with E-state index in [0.717, 1.165) is 61.3 Å². The molecule has 10 heteroatoms. The van der Waals surface area contributed by atoms with E-state index in [1.165, 1.54) is 0 Å². The van der Waals surface area contributed by atoms with E-state index in [-0.39, 0.29) is 23.4 Å². The number of benzene rings is 1. The Hall–Kier alpha value is -3.14. The van der Waals surface area contributed by atoms with Gasteiger partial charge in [0.05, 0.1) is 22.8 Å². The van der Waals surface area contributed by atoms with Crippen LogP contribution in [0.15, 0.2) is 18.2 Å². The van der Waals surface area contributed by atoms with Gasteiger partial charge < -0.3 is 14.5 Å². The van der Waals surface area contributed by atoms with Gasteiger partial charge in [-0.25, -0.2) is 4.79 Å². The van der Waals surface area contributed by atoms with Crippen LogP contribution in [0.3, 0.4) is 0 Å². The van der Waals surface area contributed by atoms with Crippen molar-refractivity contribution in [2.45, 2.75) is 77.4 Å². The highest BCUT2D eigenvalue weighted by atomic mass is 16.6. The maximum absolute atomic E-state index is 12.6. The molecule has 3 fully saturated rings. The smallest absolute Gasteiger partial charge is 0.410 e. The Morgan fingerprint density at radius 3 is 2.27 bits per heavy atom. The molecule has 5 rings (SSSR count). The van der Waals surface area contributed by atoms with Crippen molar-refractivity contribution in [1.29, 1.82) is 0 Å². The minimum absolute atomic E-state index is 0.0313. The predicted molar refractivity (Wildman–Crippen MR) is 154 cm³/mol. The van der Waals surface area contributed by atoms with Gasteiger partial charge in [0.25, 0.3) is 0 Å². The molecule has 3 aliphatic rings. The Bertz CT molecular complexity index is 1280. The van der Waals surface area contributed by atoms with Crippen LogP contribution in [0.4, 0.5) is 10.5 Å². The van der Waals surface area contributed by atoms with Crippen molar-refractivity contribution in [1.82, 2.24) is 24.9 Å². The fraction of sp³-hybridized carbons (Fsp3) is 0.667. The van der Waals surface area contributed by atoms with Gasteiger partial charge in [-0.05, 0) is 65.9 Å². The fourth-order valence-corrected chi connectivity index (χ4v) is 6.69. The van der Waals surface area contributed by atoms with Gasteiger partial charge in [0.1, 0.15) is 5.60 Å². The number of carbonyl (C=O) groups excluding carboxylic acids is 3. The molecule has 4 heterocycles. The molecule has 1 N–H and O–H groups in total. The van der Waals surface area contributed by atoms with Crippen molar-refractivity contribution in [3.63, 3.8) is 0 Å². The first kappa shape index (κ1) is 28.4. The van der Waals surface area contributed by atoms with Crippen LogP contribution in [-0.2, 0) is 21.4 Å². The van der Waals surface area contributed by atoms with E-state index in [2.05, 4.69) is 41.1 Å². The first-order valence-electron chi connectivity index (χ1n) is 14.6. The summed E-state index contributed by atoms with van der Waals surface area (Å²) in [6.07, 6.45) is 2.77. The highest BCUT2D eigenvalue weighted by Crippen LogP contribution is 2.39. The number of aryl methyl sites for hydroxylation is 1. The van der Waals surface area contributed by atoms with Gasteiger partial charge in [0.15, 0.2) is 0 Å². The molecule has 1 aromatic carbocycles. The Morgan fingerprint density at radius 2 is 1.65 bits per heavy atom. The van der Waals surface area contributed by atoms with Gasteiger partial charge in [0, 0.05) is 63.7 Å². The minimum atomic E-state index is -0.478. The third-order valence-corrected chi connectivity index (χ3v) is 9.02. The predicted octanol–water partition coefficient (Wildman–Crippen LogP) is 3.64. The number of hydrogen-bond donors (Lipinski definition) is 1. The number of carbonyl (C=O) groups is 3. The van der Waals surface area contributed by atoms with Crippen LogP contribution in [0.2, 0.25) is 0 Å². The van der Waals surface area contributed by atoms with Crippen LogP contribution in [0.25, 0.3) is 10.9 Å². The maximum atomic E-state index is 12.6. The second kappa shape index (κ2) is 10.7. The number of piperazine rings is 1. The summed E-state index contributed by atoms with van der Waals surface area (Å²) in [5.74, 6) is -0.324. The zero-order valence-electron chi connectivity index (χ0n) is 24.8. The summed E-state index contributed by atoms with van der Waals surface area (Å²) in [4.78, 5) is 43.6. The van der Waals surface area contributed by atoms with E-state index in [9.17, 15) is 14.4 Å². The zero-order chi connectivity index (χ0) is 28.8. The zero-order valence-corrected chi connectivity index (χ0v) is 24.8. The summed E-state index contributed by atoms with van der Waals surface area (Å²) in [5, 5.41) is 8.23. The number of para-hydroxylation sites is 1. The fourth-order valence-electron chi connectivity index (χ4n) is 6.69. The van der Waals surface area contributed by atoms with E-state index in [0.29, 0.717) is 31.8 Å². The number of piperidine rings is 2. The molecular formula is C30H44N6O4. The molecule has 10 nitrogen and oxygen atoms in total. The maximum Gasteiger partial charge on any atom is 0.410 e. The summed E-state index contributed by atoms with van der Waals surface area (Å²) >= 11 is 0. The Balaban J connectivity index is 1.24. The Labute approximate surface area is 237 Å². The average Bonchev–Trinajstić information content (AvgIpc) is 3.24. The quantitative estimate of drug-likeness (QED) is 0.578. The van der Waals surface area contributed by atoms with Crippen LogP contribution in [0, 0.1) is 5.92 Å². The van der Waals surface area contributed by atoms with Gasteiger partial charge in [0.2, 0.25) is 11.8 Å². The van der Waals surface area contributed by atoms with Crippen molar-refractivity contribution < 1.29 is 19.1 Å².